The van der Waals surface area contributed by atoms with Crippen molar-refractivity contribution in [2.45, 2.75) is 13.8 Å². The molecule has 0 spiro atoms. The van der Waals surface area contributed by atoms with Gasteiger partial charge in [0.1, 0.15) is 0 Å². The fraction of sp³-hybridized carbons (Fsp3) is 0.222. The molecular formula is C18H16FNO3. The number of anilines is 1. The third-order valence-electron chi connectivity index (χ3n) is 3.54. The number of carbonyl (C=O) groups is 2. The molecule has 0 aromatic heterocycles. The number of amides is 2. The van der Waals surface area contributed by atoms with Crippen molar-refractivity contribution in [1.82, 2.24) is 0 Å². The van der Waals surface area contributed by atoms with Gasteiger partial charge in [-0.3, -0.25) is 9.59 Å². The van der Waals surface area contributed by atoms with Gasteiger partial charge in [0.25, 0.3) is 11.8 Å². The van der Waals surface area contributed by atoms with Gasteiger partial charge in [-0.1, -0.05) is 26.0 Å². The van der Waals surface area contributed by atoms with Crippen molar-refractivity contribution in [2.75, 3.05) is 11.5 Å². The molecule has 1 aliphatic rings. The van der Waals surface area contributed by atoms with Crippen LogP contribution in [0.4, 0.5) is 10.1 Å². The molecule has 2 aromatic carbocycles. The van der Waals surface area contributed by atoms with Gasteiger partial charge in [0, 0.05) is 6.07 Å². The van der Waals surface area contributed by atoms with Crippen LogP contribution < -0.4 is 9.64 Å². The molecule has 3 rings (SSSR count). The van der Waals surface area contributed by atoms with E-state index in [0.717, 1.165) is 11.0 Å². The number of benzene rings is 2. The molecule has 0 aliphatic carbocycles. The number of halogens is 1. The van der Waals surface area contributed by atoms with Crippen LogP contribution >= 0.6 is 0 Å². The van der Waals surface area contributed by atoms with Gasteiger partial charge in [-0.25, -0.2) is 9.29 Å². The first-order valence-corrected chi connectivity index (χ1v) is 7.39. The highest BCUT2D eigenvalue weighted by molar-refractivity contribution is 6.34. The molecule has 0 unspecified atom stereocenters. The predicted molar refractivity (Wildman–Crippen MR) is 84.3 cm³/mol. The van der Waals surface area contributed by atoms with Crippen LogP contribution in [0.5, 0.6) is 5.75 Å². The molecule has 118 valence electrons. The molecule has 0 radical (unpaired) electrons. The molecule has 0 N–H and O–H groups in total. The van der Waals surface area contributed by atoms with Gasteiger partial charge in [-0.05, 0) is 30.2 Å². The lowest BCUT2D eigenvalue weighted by Crippen LogP contribution is -2.29. The Labute approximate surface area is 133 Å². The van der Waals surface area contributed by atoms with Crippen LogP contribution in [-0.4, -0.2) is 18.4 Å². The lowest BCUT2D eigenvalue weighted by Gasteiger charge is -2.15. The normalized spacial score (nSPS) is 13.7. The minimum atomic E-state index is -0.597. The van der Waals surface area contributed by atoms with E-state index in [4.69, 9.17) is 4.74 Å². The molecule has 23 heavy (non-hydrogen) atoms. The van der Waals surface area contributed by atoms with Gasteiger partial charge in [0.05, 0.1) is 23.4 Å². The average Bonchev–Trinajstić information content (AvgIpc) is 2.78. The Morgan fingerprint density at radius 1 is 1.04 bits per heavy atom. The summed E-state index contributed by atoms with van der Waals surface area (Å²) in [5.41, 5.74) is 0.863. The van der Waals surface area contributed by atoms with Crippen molar-refractivity contribution < 1.29 is 18.7 Å². The summed E-state index contributed by atoms with van der Waals surface area (Å²) in [7, 11) is 0. The van der Waals surface area contributed by atoms with Crippen molar-refractivity contribution in [3.8, 4) is 5.75 Å². The van der Waals surface area contributed by atoms with Crippen molar-refractivity contribution in [1.29, 1.82) is 0 Å². The lowest BCUT2D eigenvalue weighted by atomic mass is 10.1. The Morgan fingerprint density at radius 3 is 2.17 bits per heavy atom. The Hall–Kier alpha value is -2.69. The van der Waals surface area contributed by atoms with E-state index in [1.807, 2.05) is 13.8 Å². The molecule has 1 aliphatic heterocycles. The molecule has 2 amide bonds. The molecule has 2 aromatic rings. The number of imide groups is 1. The fourth-order valence-corrected chi connectivity index (χ4v) is 2.43. The maximum Gasteiger partial charge on any atom is 0.266 e. The number of rotatable bonds is 4. The van der Waals surface area contributed by atoms with E-state index in [-0.39, 0.29) is 17.4 Å². The molecule has 4 nitrogen and oxygen atoms in total. The summed E-state index contributed by atoms with van der Waals surface area (Å²) in [6.45, 7) is 4.32. The SMILES string of the molecule is CC(C)COc1ccc(N2C(=O)c3ccccc3C2=O)cc1F. The Balaban J connectivity index is 1.90. The van der Waals surface area contributed by atoms with Gasteiger partial charge < -0.3 is 4.74 Å². The largest absolute Gasteiger partial charge is 0.490 e. The minimum Gasteiger partial charge on any atom is -0.490 e. The van der Waals surface area contributed by atoms with Crippen molar-refractivity contribution in [3.05, 3.63) is 59.4 Å². The van der Waals surface area contributed by atoms with Crippen LogP contribution in [0.3, 0.4) is 0 Å². The van der Waals surface area contributed by atoms with Gasteiger partial charge in [-0.2, -0.15) is 0 Å². The van der Waals surface area contributed by atoms with Crippen LogP contribution in [0.25, 0.3) is 0 Å². The van der Waals surface area contributed by atoms with Crippen molar-refractivity contribution >= 4 is 17.5 Å². The molecular weight excluding hydrogens is 297 g/mol. The van der Waals surface area contributed by atoms with E-state index < -0.39 is 17.6 Å². The highest BCUT2D eigenvalue weighted by Crippen LogP contribution is 2.31. The summed E-state index contributed by atoms with van der Waals surface area (Å²) >= 11 is 0. The predicted octanol–water partition coefficient (Wildman–Crippen LogP) is 3.66. The van der Waals surface area contributed by atoms with E-state index >= 15 is 0 Å². The number of fused-ring (bicyclic) bond motifs is 1. The Kier molecular flexibility index (Phi) is 3.86. The zero-order valence-electron chi connectivity index (χ0n) is 12.9. The van der Waals surface area contributed by atoms with E-state index in [9.17, 15) is 14.0 Å². The summed E-state index contributed by atoms with van der Waals surface area (Å²) < 4.78 is 19.5. The fourth-order valence-electron chi connectivity index (χ4n) is 2.43. The molecule has 0 saturated heterocycles. The second kappa shape index (κ2) is 5.83. The molecule has 0 bridgehead atoms. The van der Waals surface area contributed by atoms with Gasteiger partial charge >= 0.3 is 0 Å². The molecule has 0 saturated carbocycles. The summed E-state index contributed by atoms with van der Waals surface area (Å²) in [4.78, 5) is 25.7. The van der Waals surface area contributed by atoms with Crippen LogP contribution in [0.1, 0.15) is 34.6 Å². The summed E-state index contributed by atoms with van der Waals surface area (Å²) in [6.07, 6.45) is 0. The van der Waals surface area contributed by atoms with Gasteiger partial charge in [0.2, 0.25) is 0 Å². The maximum atomic E-state index is 14.2. The van der Waals surface area contributed by atoms with Crippen LogP contribution in [0, 0.1) is 11.7 Å². The van der Waals surface area contributed by atoms with Crippen molar-refractivity contribution in [3.63, 3.8) is 0 Å². The molecule has 1 heterocycles. The second-order valence-electron chi connectivity index (χ2n) is 5.81. The summed E-state index contributed by atoms with van der Waals surface area (Å²) in [5.74, 6) is -1.11. The number of nitrogens with zero attached hydrogens (tertiary/aromatic N) is 1. The molecule has 5 heteroatoms. The number of hydrogen-bond acceptors (Lipinski definition) is 3. The first kappa shape index (κ1) is 15.2. The third-order valence-corrected chi connectivity index (χ3v) is 3.54. The summed E-state index contributed by atoms with van der Waals surface area (Å²) in [6, 6.07) is 10.7. The second-order valence-corrected chi connectivity index (χ2v) is 5.81. The van der Waals surface area contributed by atoms with Gasteiger partial charge in [0.15, 0.2) is 11.6 Å². The smallest absolute Gasteiger partial charge is 0.266 e. The first-order valence-electron chi connectivity index (χ1n) is 7.39. The third kappa shape index (κ3) is 2.70. The maximum absolute atomic E-state index is 14.2. The van der Waals surface area contributed by atoms with Crippen LogP contribution in [0.2, 0.25) is 0 Å². The first-order chi connectivity index (χ1) is 11.0. The highest BCUT2D eigenvalue weighted by atomic mass is 19.1. The monoisotopic (exact) mass is 313 g/mol. The Morgan fingerprint density at radius 2 is 1.65 bits per heavy atom. The zero-order valence-corrected chi connectivity index (χ0v) is 12.9. The van der Waals surface area contributed by atoms with Crippen LogP contribution in [-0.2, 0) is 0 Å². The molecule has 0 atom stereocenters. The van der Waals surface area contributed by atoms with Crippen molar-refractivity contribution in [2.24, 2.45) is 5.92 Å². The van der Waals surface area contributed by atoms with E-state index in [1.54, 1.807) is 24.3 Å². The topological polar surface area (TPSA) is 46.6 Å². The zero-order chi connectivity index (χ0) is 16.6. The Bertz CT molecular complexity index is 751. The summed E-state index contributed by atoms with van der Waals surface area (Å²) in [5, 5.41) is 0. The van der Waals surface area contributed by atoms with Gasteiger partial charge in [-0.15, -0.1) is 0 Å². The number of carbonyl (C=O) groups excluding carboxylic acids is 2. The number of hydrogen-bond donors (Lipinski definition) is 0. The van der Waals surface area contributed by atoms with E-state index in [0.29, 0.717) is 17.7 Å². The molecule has 0 fully saturated rings. The van der Waals surface area contributed by atoms with Crippen LogP contribution in [0.15, 0.2) is 42.5 Å². The number of ether oxygens (including phenoxy) is 1. The quantitative estimate of drug-likeness (QED) is 0.809. The lowest BCUT2D eigenvalue weighted by molar-refractivity contribution is 0.0926. The average molecular weight is 313 g/mol. The standard InChI is InChI=1S/C18H16FNO3/c1-11(2)10-23-16-8-7-12(9-15(16)19)20-17(21)13-5-3-4-6-14(13)18(20)22/h3-9,11H,10H2,1-2H3. The van der Waals surface area contributed by atoms with E-state index in [1.165, 1.54) is 12.1 Å². The minimum absolute atomic E-state index is 0.110. The highest BCUT2D eigenvalue weighted by Gasteiger charge is 2.36. The van der Waals surface area contributed by atoms with E-state index in [2.05, 4.69) is 0 Å².